The van der Waals surface area contributed by atoms with E-state index in [1.54, 1.807) is 31.5 Å². The molecule has 0 bridgehead atoms. The number of halogens is 1. The summed E-state index contributed by atoms with van der Waals surface area (Å²) in [6.07, 6.45) is 7.16. The Hall–Kier alpha value is -2.86. The van der Waals surface area contributed by atoms with E-state index in [2.05, 4.69) is 5.10 Å². The second kappa shape index (κ2) is 9.52. The molecule has 1 fully saturated rings. The maximum atomic E-state index is 13.3. The van der Waals surface area contributed by atoms with Gasteiger partial charge in [-0.05, 0) is 49.6 Å². The minimum Gasteiger partial charge on any atom is -0.491 e. The maximum Gasteiger partial charge on any atom is 0.282 e. The molecule has 7 heteroatoms. The number of hydrogen-bond acceptors (Lipinski definition) is 5. The number of aromatic nitrogens is 2. The van der Waals surface area contributed by atoms with E-state index < -0.39 is 0 Å². The lowest BCUT2D eigenvalue weighted by Crippen LogP contribution is -2.25. The Morgan fingerprint density at radius 3 is 2.74 bits per heavy atom. The van der Waals surface area contributed by atoms with Gasteiger partial charge in [0.2, 0.25) is 0 Å². The number of rotatable bonds is 6. The fourth-order valence-corrected chi connectivity index (χ4v) is 4.42. The summed E-state index contributed by atoms with van der Waals surface area (Å²) < 4.78 is 12.5. The first kappa shape index (κ1) is 21.4. The highest BCUT2D eigenvalue weighted by Gasteiger charge is 2.22. The van der Waals surface area contributed by atoms with E-state index in [-0.39, 0.29) is 11.5 Å². The van der Waals surface area contributed by atoms with Crippen molar-refractivity contribution >= 4 is 28.7 Å². The predicted molar refractivity (Wildman–Crippen MR) is 124 cm³/mol. The summed E-state index contributed by atoms with van der Waals surface area (Å²) >= 11 is 6.37. The smallest absolute Gasteiger partial charge is 0.282 e. The van der Waals surface area contributed by atoms with Gasteiger partial charge in [-0.2, -0.15) is 9.78 Å². The molecule has 1 aliphatic carbocycles. The molecule has 0 aliphatic heterocycles. The first-order chi connectivity index (χ1) is 15.1. The first-order valence-electron chi connectivity index (χ1n) is 10.7. The van der Waals surface area contributed by atoms with Crippen molar-refractivity contribution in [2.75, 3.05) is 13.7 Å². The predicted octanol–water partition coefficient (Wildman–Crippen LogP) is 5.39. The SMILES string of the molecule is CCOc1cc(C=Nn2c(C3CCCCC3)nc3ccccc3c2=O)cc(Cl)c1OC. The molecule has 0 spiro atoms. The number of nitrogens with zero attached hydrogens (tertiary/aromatic N) is 3. The van der Waals surface area contributed by atoms with Gasteiger partial charge in [-0.15, -0.1) is 0 Å². The summed E-state index contributed by atoms with van der Waals surface area (Å²) in [5.74, 6) is 1.97. The van der Waals surface area contributed by atoms with Crippen molar-refractivity contribution < 1.29 is 9.47 Å². The van der Waals surface area contributed by atoms with Crippen LogP contribution in [0, 0.1) is 0 Å². The lowest BCUT2D eigenvalue weighted by Gasteiger charge is -2.22. The Balaban J connectivity index is 1.81. The lowest BCUT2D eigenvalue weighted by molar-refractivity contribution is 0.311. The normalized spacial score (nSPS) is 14.9. The molecule has 0 amide bonds. The number of methoxy groups -OCH3 is 1. The van der Waals surface area contributed by atoms with Gasteiger partial charge in [-0.1, -0.05) is 43.0 Å². The van der Waals surface area contributed by atoms with Gasteiger partial charge in [-0.25, -0.2) is 4.98 Å². The van der Waals surface area contributed by atoms with E-state index in [0.717, 1.165) is 31.5 Å². The standard InChI is InChI=1S/C24H26ClN3O3/c1-3-31-21-14-16(13-19(25)22(21)30-2)15-26-28-23(17-9-5-4-6-10-17)27-20-12-8-7-11-18(20)24(28)29/h7-8,11-15,17H,3-6,9-10H2,1-2H3. The summed E-state index contributed by atoms with van der Waals surface area (Å²) in [4.78, 5) is 18.1. The number of ether oxygens (including phenoxy) is 2. The molecule has 0 saturated heterocycles. The number of hydrogen-bond donors (Lipinski definition) is 0. The fourth-order valence-electron chi connectivity index (χ4n) is 4.13. The van der Waals surface area contributed by atoms with Crippen LogP contribution in [0.1, 0.15) is 56.3 Å². The molecule has 3 aromatic rings. The summed E-state index contributed by atoms with van der Waals surface area (Å²) in [5, 5.41) is 5.54. The van der Waals surface area contributed by atoms with Crippen molar-refractivity contribution in [3.05, 3.63) is 63.2 Å². The Morgan fingerprint density at radius 2 is 2.00 bits per heavy atom. The average molecular weight is 440 g/mol. The second-order valence-corrected chi connectivity index (χ2v) is 8.06. The fraction of sp³-hybridized carbons (Fsp3) is 0.375. The maximum absolute atomic E-state index is 13.3. The van der Waals surface area contributed by atoms with Crippen LogP contribution >= 0.6 is 11.6 Å². The summed E-state index contributed by atoms with van der Waals surface area (Å²) in [7, 11) is 1.55. The van der Waals surface area contributed by atoms with Crippen LogP contribution in [0.4, 0.5) is 0 Å². The zero-order valence-corrected chi connectivity index (χ0v) is 18.6. The van der Waals surface area contributed by atoms with E-state index in [1.807, 2.05) is 25.1 Å². The quantitative estimate of drug-likeness (QED) is 0.483. The molecule has 0 N–H and O–H groups in total. The monoisotopic (exact) mass is 439 g/mol. The summed E-state index contributed by atoms with van der Waals surface area (Å²) in [6.45, 7) is 2.37. The molecule has 31 heavy (non-hydrogen) atoms. The molecule has 4 rings (SSSR count). The van der Waals surface area contributed by atoms with Crippen molar-refractivity contribution in [1.82, 2.24) is 9.66 Å². The average Bonchev–Trinajstić information content (AvgIpc) is 2.79. The third kappa shape index (κ3) is 4.44. The zero-order chi connectivity index (χ0) is 21.8. The third-order valence-electron chi connectivity index (χ3n) is 5.61. The number of para-hydroxylation sites is 1. The van der Waals surface area contributed by atoms with E-state index in [4.69, 9.17) is 26.1 Å². The van der Waals surface area contributed by atoms with E-state index >= 15 is 0 Å². The highest BCUT2D eigenvalue weighted by atomic mass is 35.5. The number of benzene rings is 2. The Labute approximate surface area is 186 Å². The van der Waals surface area contributed by atoms with Gasteiger partial charge in [0.25, 0.3) is 5.56 Å². The van der Waals surface area contributed by atoms with Gasteiger partial charge >= 0.3 is 0 Å². The molecule has 0 radical (unpaired) electrons. The summed E-state index contributed by atoms with van der Waals surface area (Å²) in [5.41, 5.74) is 1.27. The Kier molecular flexibility index (Phi) is 6.56. The highest BCUT2D eigenvalue weighted by molar-refractivity contribution is 6.32. The minimum absolute atomic E-state index is 0.160. The van der Waals surface area contributed by atoms with Gasteiger partial charge in [0.1, 0.15) is 5.82 Å². The van der Waals surface area contributed by atoms with E-state index in [9.17, 15) is 4.79 Å². The van der Waals surface area contributed by atoms with Crippen LogP contribution in [-0.2, 0) is 0 Å². The van der Waals surface area contributed by atoms with Crippen LogP contribution in [0.5, 0.6) is 11.5 Å². The van der Waals surface area contributed by atoms with Gasteiger partial charge in [0.15, 0.2) is 11.5 Å². The molecular formula is C24H26ClN3O3. The van der Waals surface area contributed by atoms with Gasteiger partial charge < -0.3 is 9.47 Å². The van der Waals surface area contributed by atoms with Crippen molar-refractivity contribution in [2.45, 2.75) is 44.9 Å². The molecule has 0 atom stereocenters. The van der Waals surface area contributed by atoms with Gasteiger partial charge in [-0.3, -0.25) is 4.79 Å². The molecule has 2 aromatic carbocycles. The van der Waals surface area contributed by atoms with Crippen LogP contribution in [0.2, 0.25) is 5.02 Å². The van der Waals surface area contributed by atoms with Crippen molar-refractivity contribution in [3.63, 3.8) is 0 Å². The van der Waals surface area contributed by atoms with Crippen LogP contribution in [0.15, 0.2) is 46.3 Å². The second-order valence-electron chi connectivity index (χ2n) is 7.65. The minimum atomic E-state index is -0.160. The molecular weight excluding hydrogens is 414 g/mol. The third-order valence-corrected chi connectivity index (χ3v) is 5.89. The van der Waals surface area contributed by atoms with E-state index in [0.29, 0.717) is 39.6 Å². The molecule has 1 aliphatic rings. The largest absolute Gasteiger partial charge is 0.491 e. The molecule has 0 unspecified atom stereocenters. The van der Waals surface area contributed by atoms with Crippen molar-refractivity contribution in [1.29, 1.82) is 0 Å². The molecule has 162 valence electrons. The highest BCUT2D eigenvalue weighted by Crippen LogP contribution is 2.36. The van der Waals surface area contributed by atoms with Gasteiger partial charge in [0, 0.05) is 5.92 Å². The lowest BCUT2D eigenvalue weighted by atomic mass is 9.88. The Morgan fingerprint density at radius 1 is 1.23 bits per heavy atom. The zero-order valence-electron chi connectivity index (χ0n) is 17.8. The summed E-state index contributed by atoms with van der Waals surface area (Å²) in [6, 6.07) is 11.0. The van der Waals surface area contributed by atoms with Crippen molar-refractivity contribution in [3.8, 4) is 11.5 Å². The van der Waals surface area contributed by atoms with E-state index in [1.165, 1.54) is 11.1 Å². The van der Waals surface area contributed by atoms with Crippen LogP contribution < -0.4 is 15.0 Å². The molecule has 1 heterocycles. The molecule has 1 saturated carbocycles. The first-order valence-corrected chi connectivity index (χ1v) is 11.1. The Bertz CT molecular complexity index is 1170. The van der Waals surface area contributed by atoms with Crippen molar-refractivity contribution in [2.24, 2.45) is 5.10 Å². The molecule has 6 nitrogen and oxygen atoms in total. The topological polar surface area (TPSA) is 65.7 Å². The van der Waals surface area contributed by atoms with Crippen LogP contribution in [-0.4, -0.2) is 29.6 Å². The molecule has 1 aromatic heterocycles. The van der Waals surface area contributed by atoms with Crippen LogP contribution in [0.25, 0.3) is 10.9 Å². The van der Waals surface area contributed by atoms with Crippen LogP contribution in [0.3, 0.4) is 0 Å². The van der Waals surface area contributed by atoms with Gasteiger partial charge in [0.05, 0.1) is 35.9 Å². The number of fused-ring (bicyclic) bond motifs is 1.